The van der Waals surface area contributed by atoms with E-state index in [0.717, 1.165) is 19.3 Å². The van der Waals surface area contributed by atoms with Crippen LogP contribution >= 0.6 is 11.6 Å². The van der Waals surface area contributed by atoms with Crippen LogP contribution < -0.4 is 0 Å². The molecular weight excluding hydrogens is 238 g/mol. The second-order valence-corrected chi connectivity index (χ2v) is 4.69. The Morgan fingerprint density at radius 2 is 2.12 bits per heavy atom. The number of carbonyl (C=O) groups excluding carboxylic acids is 1. The van der Waals surface area contributed by atoms with E-state index in [1.807, 2.05) is 0 Å². The van der Waals surface area contributed by atoms with E-state index in [0.29, 0.717) is 17.1 Å². The summed E-state index contributed by atoms with van der Waals surface area (Å²) in [5.41, 5.74) is 0.523. The molecule has 1 aromatic rings. The van der Waals surface area contributed by atoms with Crippen molar-refractivity contribution in [3.05, 3.63) is 34.9 Å². The molecule has 0 bridgehead atoms. The lowest BCUT2D eigenvalue weighted by molar-refractivity contribution is 0.0526. The minimum Gasteiger partial charge on any atom is -0.395 e. The Bertz CT molecular complexity index is 404. The average molecular weight is 254 g/mol. The van der Waals surface area contributed by atoms with Crippen LogP contribution in [0.2, 0.25) is 5.02 Å². The lowest BCUT2D eigenvalue weighted by atomic mass is 9.91. The molecule has 0 aromatic heterocycles. The minimum atomic E-state index is -0.0747. The fraction of sp³-hybridized carbons (Fsp3) is 0.462. The van der Waals surface area contributed by atoms with E-state index in [-0.39, 0.29) is 18.6 Å². The first-order valence-corrected chi connectivity index (χ1v) is 6.28. The highest BCUT2D eigenvalue weighted by Crippen LogP contribution is 2.27. The van der Waals surface area contributed by atoms with Crippen LogP contribution in [0.5, 0.6) is 0 Å². The number of aliphatic hydroxyl groups excluding tert-OH is 1. The number of aliphatic hydroxyl groups is 1. The van der Waals surface area contributed by atoms with E-state index in [1.54, 1.807) is 29.2 Å². The maximum atomic E-state index is 12.3. The molecule has 0 spiro atoms. The highest BCUT2D eigenvalue weighted by molar-refractivity contribution is 6.33. The van der Waals surface area contributed by atoms with Gasteiger partial charge in [-0.15, -0.1) is 0 Å². The molecule has 0 atom stereocenters. The number of benzene rings is 1. The van der Waals surface area contributed by atoms with E-state index < -0.39 is 0 Å². The Kier molecular flexibility index (Phi) is 4.02. The zero-order valence-electron chi connectivity index (χ0n) is 9.60. The van der Waals surface area contributed by atoms with Gasteiger partial charge in [0.15, 0.2) is 0 Å². The molecule has 1 aromatic carbocycles. The van der Waals surface area contributed by atoms with Crippen LogP contribution in [0.15, 0.2) is 24.3 Å². The molecule has 1 amide bonds. The van der Waals surface area contributed by atoms with E-state index in [1.165, 1.54) is 0 Å². The molecule has 2 rings (SSSR count). The Morgan fingerprint density at radius 3 is 2.65 bits per heavy atom. The molecule has 3 nitrogen and oxygen atoms in total. The molecular formula is C13H16ClNO2. The van der Waals surface area contributed by atoms with Crippen LogP contribution in [0, 0.1) is 0 Å². The molecule has 1 saturated carbocycles. The highest BCUT2D eigenvalue weighted by atomic mass is 35.5. The monoisotopic (exact) mass is 253 g/mol. The van der Waals surface area contributed by atoms with Gasteiger partial charge in [0.25, 0.3) is 5.91 Å². The highest BCUT2D eigenvalue weighted by Gasteiger charge is 2.29. The van der Waals surface area contributed by atoms with Crippen LogP contribution in [0.3, 0.4) is 0 Å². The van der Waals surface area contributed by atoms with Gasteiger partial charge in [0.05, 0.1) is 17.2 Å². The number of carbonyl (C=O) groups is 1. The maximum Gasteiger partial charge on any atom is 0.255 e. The van der Waals surface area contributed by atoms with Gasteiger partial charge in [-0.25, -0.2) is 0 Å². The van der Waals surface area contributed by atoms with Gasteiger partial charge in [0.1, 0.15) is 0 Å². The summed E-state index contributed by atoms with van der Waals surface area (Å²) >= 11 is 6.02. The zero-order valence-corrected chi connectivity index (χ0v) is 10.4. The first kappa shape index (κ1) is 12.4. The molecule has 92 valence electrons. The van der Waals surface area contributed by atoms with Gasteiger partial charge >= 0.3 is 0 Å². The van der Waals surface area contributed by atoms with Crippen LogP contribution in [-0.4, -0.2) is 35.1 Å². The fourth-order valence-corrected chi connectivity index (χ4v) is 2.26. The summed E-state index contributed by atoms with van der Waals surface area (Å²) in [7, 11) is 0. The number of hydrogen-bond acceptors (Lipinski definition) is 2. The second-order valence-electron chi connectivity index (χ2n) is 4.29. The van der Waals surface area contributed by atoms with Gasteiger partial charge in [0, 0.05) is 12.6 Å². The summed E-state index contributed by atoms with van der Waals surface area (Å²) in [6.45, 7) is 0.376. The third-order valence-corrected chi connectivity index (χ3v) is 3.55. The molecule has 1 aliphatic rings. The van der Waals surface area contributed by atoms with Crippen molar-refractivity contribution in [1.82, 2.24) is 4.90 Å². The predicted molar refractivity (Wildman–Crippen MR) is 67.2 cm³/mol. The Labute approximate surface area is 106 Å². The first-order chi connectivity index (χ1) is 8.24. The summed E-state index contributed by atoms with van der Waals surface area (Å²) in [5.74, 6) is -0.0747. The Balaban J connectivity index is 2.18. The number of nitrogens with zero attached hydrogens (tertiary/aromatic N) is 1. The molecule has 0 unspecified atom stereocenters. The lowest BCUT2D eigenvalue weighted by Gasteiger charge is -2.37. The van der Waals surface area contributed by atoms with Gasteiger partial charge in [0.2, 0.25) is 0 Å². The van der Waals surface area contributed by atoms with Crippen molar-refractivity contribution in [2.24, 2.45) is 0 Å². The van der Waals surface area contributed by atoms with E-state index in [9.17, 15) is 4.79 Å². The average Bonchev–Trinajstić information content (AvgIpc) is 2.26. The lowest BCUT2D eigenvalue weighted by Crippen LogP contribution is -2.45. The first-order valence-electron chi connectivity index (χ1n) is 5.90. The molecule has 0 heterocycles. The summed E-state index contributed by atoms with van der Waals surface area (Å²) in [5, 5.41) is 9.52. The standard InChI is InChI=1S/C13H16ClNO2/c14-12-7-2-1-6-11(12)13(17)15(8-9-16)10-4-3-5-10/h1-2,6-7,10,16H,3-5,8-9H2. The molecule has 1 fully saturated rings. The van der Waals surface area contributed by atoms with E-state index in [4.69, 9.17) is 16.7 Å². The SMILES string of the molecule is O=C(c1ccccc1Cl)N(CCO)C1CCC1. The Morgan fingerprint density at radius 1 is 1.41 bits per heavy atom. The second kappa shape index (κ2) is 5.52. The Hall–Kier alpha value is -1.06. The number of amides is 1. The van der Waals surface area contributed by atoms with Crippen molar-refractivity contribution in [2.75, 3.05) is 13.2 Å². The predicted octanol–water partition coefficient (Wildman–Crippen LogP) is 2.33. The zero-order chi connectivity index (χ0) is 12.3. The van der Waals surface area contributed by atoms with Crippen molar-refractivity contribution >= 4 is 17.5 Å². The van der Waals surface area contributed by atoms with Gasteiger partial charge in [-0.05, 0) is 31.4 Å². The number of halogens is 1. The van der Waals surface area contributed by atoms with Crippen molar-refractivity contribution < 1.29 is 9.90 Å². The van der Waals surface area contributed by atoms with Gasteiger partial charge in [-0.1, -0.05) is 23.7 Å². The van der Waals surface area contributed by atoms with Gasteiger partial charge in [-0.3, -0.25) is 4.79 Å². The molecule has 0 aliphatic heterocycles. The molecule has 1 aliphatic carbocycles. The molecule has 1 N–H and O–H groups in total. The third-order valence-electron chi connectivity index (χ3n) is 3.22. The van der Waals surface area contributed by atoms with Crippen molar-refractivity contribution in [1.29, 1.82) is 0 Å². The molecule has 4 heteroatoms. The number of rotatable bonds is 4. The minimum absolute atomic E-state index is 0.00725. The summed E-state index contributed by atoms with van der Waals surface area (Å²) < 4.78 is 0. The smallest absolute Gasteiger partial charge is 0.255 e. The van der Waals surface area contributed by atoms with Crippen LogP contribution in [0.4, 0.5) is 0 Å². The topological polar surface area (TPSA) is 40.5 Å². The fourth-order valence-electron chi connectivity index (χ4n) is 2.05. The largest absolute Gasteiger partial charge is 0.395 e. The van der Waals surface area contributed by atoms with Crippen LogP contribution in [0.1, 0.15) is 29.6 Å². The van der Waals surface area contributed by atoms with E-state index >= 15 is 0 Å². The van der Waals surface area contributed by atoms with Crippen molar-refractivity contribution in [2.45, 2.75) is 25.3 Å². The van der Waals surface area contributed by atoms with Crippen LogP contribution in [0.25, 0.3) is 0 Å². The van der Waals surface area contributed by atoms with Gasteiger partial charge < -0.3 is 10.0 Å². The van der Waals surface area contributed by atoms with Gasteiger partial charge in [-0.2, -0.15) is 0 Å². The van der Waals surface area contributed by atoms with Crippen LogP contribution in [-0.2, 0) is 0 Å². The quantitative estimate of drug-likeness (QED) is 0.895. The number of hydrogen-bond donors (Lipinski definition) is 1. The molecule has 0 radical (unpaired) electrons. The van der Waals surface area contributed by atoms with Crippen molar-refractivity contribution in [3.63, 3.8) is 0 Å². The normalized spacial score (nSPS) is 15.4. The third kappa shape index (κ3) is 2.61. The molecule has 17 heavy (non-hydrogen) atoms. The summed E-state index contributed by atoms with van der Waals surface area (Å²) in [6, 6.07) is 7.32. The maximum absolute atomic E-state index is 12.3. The summed E-state index contributed by atoms with van der Waals surface area (Å²) in [4.78, 5) is 14.1. The molecule has 0 saturated heterocycles. The van der Waals surface area contributed by atoms with Crippen molar-refractivity contribution in [3.8, 4) is 0 Å². The van der Waals surface area contributed by atoms with E-state index in [2.05, 4.69) is 0 Å². The summed E-state index contributed by atoms with van der Waals surface area (Å²) in [6.07, 6.45) is 3.20.